The number of ether oxygens (including phenoxy) is 1. The summed E-state index contributed by atoms with van der Waals surface area (Å²) in [5, 5.41) is 6.10. The van der Waals surface area contributed by atoms with Gasteiger partial charge >= 0.3 is 12.1 Å². The first-order chi connectivity index (χ1) is 11.8. The maximum atomic E-state index is 12.2. The predicted octanol–water partition coefficient (Wildman–Crippen LogP) is 2.51. The highest BCUT2D eigenvalue weighted by atomic mass is 32.1. The molecule has 0 atom stereocenters. The summed E-state index contributed by atoms with van der Waals surface area (Å²) in [5.74, 6) is 0. The second kappa shape index (κ2) is 8.51. The molecular formula is C17H28N4O3S. The summed E-state index contributed by atoms with van der Waals surface area (Å²) in [5.41, 5.74) is 0.524. The molecule has 0 saturated carbocycles. The lowest BCUT2D eigenvalue weighted by Gasteiger charge is -2.35. The van der Waals surface area contributed by atoms with E-state index in [2.05, 4.69) is 17.2 Å². The van der Waals surface area contributed by atoms with E-state index >= 15 is 0 Å². The highest BCUT2D eigenvalue weighted by Gasteiger charge is 2.27. The molecule has 7 nitrogen and oxygen atoms in total. The number of hydrogen-bond donors (Lipinski definition) is 1. The second-order valence-corrected chi connectivity index (χ2v) is 7.97. The number of piperazine rings is 1. The van der Waals surface area contributed by atoms with Gasteiger partial charge in [-0.05, 0) is 27.2 Å². The fourth-order valence-electron chi connectivity index (χ4n) is 2.45. The third-order valence-electron chi connectivity index (χ3n) is 3.78. The number of carbonyl (C=O) groups is 2. The van der Waals surface area contributed by atoms with E-state index in [0.29, 0.717) is 32.7 Å². The van der Waals surface area contributed by atoms with E-state index in [1.54, 1.807) is 21.1 Å². The van der Waals surface area contributed by atoms with Crippen molar-refractivity contribution >= 4 is 23.5 Å². The number of nitrogens with one attached hydrogen (secondary N) is 1. The number of urea groups is 1. The molecule has 1 aromatic rings. The summed E-state index contributed by atoms with van der Waals surface area (Å²) >= 11 is 1.66. The summed E-state index contributed by atoms with van der Waals surface area (Å²) < 4.78 is 5.36. The van der Waals surface area contributed by atoms with Crippen molar-refractivity contribution in [3.8, 4) is 0 Å². The van der Waals surface area contributed by atoms with Crippen LogP contribution in [0.15, 0.2) is 5.38 Å². The fraction of sp³-hybridized carbons (Fsp3) is 0.706. The lowest BCUT2D eigenvalue weighted by atomic mass is 10.2. The van der Waals surface area contributed by atoms with Crippen molar-refractivity contribution in [3.63, 3.8) is 0 Å². The van der Waals surface area contributed by atoms with Crippen LogP contribution >= 0.6 is 11.3 Å². The van der Waals surface area contributed by atoms with E-state index in [1.165, 1.54) is 0 Å². The van der Waals surface area contributed by atoms with Gasteiger partial charge in [0, 0.05) is 44.5 Å². The molecular weight excluding hydrogens is 340 g/mol. The van der Waals surface area contributed by atoms with Crippen molar-refractivity contribution in [3.05, 3.63) is 16.1 Å². The van der Waals surface area contributed by atoms with Crippen molar-refractivity contribution < 1.29 is 14.3 Å². The van der Waals surface area contributed by atoms with E-state index in [1.807, 2.05) is 26.2 Å². The largest absolute Gasteiger partial charge is 0.444 e. The average molecular weight is 369 g/mol. The van der Waals surface area contributed by atoms with Crippen LogP contribution in [-0.2, 0) is 17.6 Å². The van der Waals surface area contributed by atoms with Gasteiger partial charge in [-0.15, -0.1) is 11.3 Å². The number of carbonyl (C=O) groups excluding carboxylic acids is 2. The molecule has 1 N–H and O–H groups in total. The molecule has 1 saturated heterocycles. The summed E-state index contributed by atoms with van der Waals surface area (Å²) in [6.45, 7) is 10.2. The molecule has 3 amide bonds. The van der Waals surface area contributed by atoms with E-state index < -0.39 is 5.60 Å². The normalized spacial score (nSPS) is 15.2. The lowest BCUT2D eigenvalue weighted by Crippen LogP contribution is -2.54. The molecule has 1 fully saturated rings. The molecule has 0 bridgehead atoms. The molecule has 0 aliphatic carbocycles. The second-order valence-electron chi connectivity index (χ2n) is 7.02. The van der Waals surface area contributed by atoms with Gasteiger partial charge in [0.05, 0.1) is 10.7 Å². The van der Waals surface area contributed by atoms with Crippen LogP contribution < -0.4 is 5.32 Å². The minimum atomic E-state index is -0.501. The first kappa shape index (κ1) is 19.5. The number of rotatable bonds is 4. The van der Waals surface area contributed by atoms with Crippen LogP contribution in [0.5, 0.6) is 0 Å². The zero-order chi connectivity index (χ0) is 18.4. The standard InChI is InChI=1S/C17H28N4O3S/c1-5-14-19-13(12-25-14)6-7-18-15(22)20-8-10-21(11-9-20)16(23)24-17(2,3)4/h12H,5-11H2,1-4H3,(H,18,22). The first-order valence-corrected chi connectivity index (χ1v) is 9.60. The average Bonchev–Trinajstić information content (AvgIpc) is 3.01. The van der Waals surface area contributed by atoms with Gasteiger partial charge in [-0.25, -0.2) is 14.6 Å². The Hall–Kier alpha value is -1.83. The van der Waals surface area contributed by atoms with Crippen molar-refractivity contribution in [1.29, 1.82) is 0 Å². The summed E-state index contributed by atoms with van der Waals surface area (Å²) in [6, 6.07) is -0.0882. The molecule has 0 radical (unpaired) electrons. The molecule has 2 heterocycles. The Labute approximate surface area is 153 Å². The number of aromatic nitrogens is 1. The van der Waals surface area contributed by atoms with E-state index in [4.69, 9.17) is 4.74 Å². The van der Waals surface area contributed by atoms with Gasteiger partial charge in [0.25, 0.3) is 0 Å². The van der Waals surface area contributed by atoms with Crippen molar-refractivity contribution in [2.24, 2.45) is 0 Å². The van der Waals surface area contributed by atoms with Crippen LogP contribution in [0.3, 0.4) is 0 Å². The zero-order valence-corrected chi connectivity index (χ0v) is 16.3. The predicted molar refractivity (Wildman–Crippen MR) is 98.0 cm³/mol. The zero-order valence-electron chi connectivity index (χ0n) is 15.5. The van der Waals surface area contributed by atoms with Crippen LogP contribution in [0.25, 0.3) is 0 Å². The molecule has 2 rings (SSSR count). The topological polar surface area (TPSA) is 74.8 Å². The molecule has 0 aromatic carbocycles. The molecule has 140 valence electrons. The maximum Gasteiger partial charge on any atom is 0.410 e. The minimum Gasteiger partial charge on any atom is -0.444 e. The Bertz CT molecular complexity index is 589. The van der Waals surface area contributed by atoms with Crippen LogP contribution in [0.4, 0.5) is 9.59 Å². The van der Waals surface area contributed by atoms with Gasteiger partial charge in [0.1, 0.15) is 5.60 Å². The smallest absolute Gasteiger partial charge is 0.410 e. The van der Waals surface area contributed by atoms with Gasteiger partial charge in [-0.3, -0.25) is 0 Å². The van der Waals surface area contributed by atoms with Gasteiger partial charge in [-0.2, -0.15) is 0 Å². The molecule has 8 heteroatoms. The van der Waals surface area contributed by atoms with Gasteiger partial charge in [-0.1, -0.05) is 6.92 Å². The van der Waals surface area contributed by atoms with E-state index in [-0.39, 0.29) is 12.1 Å². The molecule has 1 aliphatic heterocycles. The van der Waals surface area contributed by atoms with E-state index in [0.717, 1.165) is 23.5 Å². The quantitative estimate of drug-likeness (QED) is 0.886. The molecule has 1 aliphatic rings. The molecule has 0 spiro atoms. The van der Waals surface area contributed by atoms with Gasteiger partial charge in [0.2, 0.25) is 0 Å². The summed E-state index contributed by atoms with van der Waals surface area (Å²) in [4.78, 5) is 32.1. The number of hydrogen-bond acceptors (Lipinski definition) is 5. The monoisotopic (exact) mass is 368 g/mol. The van der Waals surface area contributed by atoms with Crippen molar-refractivity contribution in [2.45, 2.75) is 46.1 Å². The number of thiazole rings is 1. The Morgan fingerprint density at radius 2 is 1.88 bits per heavy atom. The number of amides is 3. The van der Waals surface area contributed by atoms with Gasteiger partial charge in [0.15, 0.2) is 0 Å². The van der Waals surface area contributed by atoms with Crippen molar-refractivity contribution in [2.75, 3.05) is 32.7 Å². The highest BCUT2D eigenvalue weighted by Crippen LogP contribution is 2.12. The minimum absolute atomic E-state index is 0.0882. The Morgan fingerprint density at radius 3 is 2.44 bits per heavy atom. The molecule has 1 aromatic heterocycles. The van der Waals surface area contributed by atoms with Crippen LogP contribution in [-0.4, -0.2) is 65.2 Å². The lowest BCUT2D eigenvalue weighted by molar-refractivity contribution is 0.0170. The van der Waals surface area contributed by atoms with Crippen LogP contribution in [0.1, 0.15) is 38.4 Å². The van der Waals surface area contributed by atoms with E-state index in [9.17, 15) is 9.59 Å². The number of aryl methyl sites for hydroxylation is 1. The Balaban J connectivity index is 1.69. The number of nitrogens with zero attached hydrogens (tertiary/aromatic N) is 3. The molecule has 0 unspecified atom stereocenters. The van der Waals surface area contributed by atoms with Crippen LogP contribution in [0, 0.1) is 0 Å². The summed E-state index contributed by atoms with van der Waals surface area (Å²) in [6.07, 6.45) is 1.36. The fourth-order valence-corrected chi connectivity index (χ4v) is 3.23. The highest BCUT2D eigenvalue weighted by molar-refractivity contribution is 7.09. The maximum absolute atomic E-state index is 12.2. The van der Waals surface area contributed by atoms with Crippen molar-refractivity contribution in [1.82, 2.24) is 20.1 Å². The molecule has 25 heavy (non-hydrogen) atoms. The first-order valence-electron chi connectivity index (χ1n) is 8.72. The Morgan fingerprint density at radius 1 is 1.24 bits per heavy atom. The SMILES string of the molecule is CCc1nc(CCNC(=O)N2CCN(C(=O)OC(C)(C)C)CC2)cs1. The third-order valence-corrected chi connectivity index (χ3v) is 4.82. The summed E-state index contributed by atoms with van der Waals surface area (Å²) in [7, 11) is 0. The third kappa shape index (κ3) is 6.19. The Kier molecular flexibility index (Phi) is 6.64. The van der Waals surface area contributed by atoms with Gasteiger partial charge < -0.3 is 19.9 Å². The van der Waals surface area contributed by atoms with Crippen LogP contribution in [0.2, 0.25) is 0 Å².